The van der Waals surface area contributed by atoms with E-state index in [2.05, 4.69) is 4.98 Å². The molecule has 94 valence electrons. The van der Waals surface area contributed by atoms with E-state index in [0.717, 1.165) is 0 Å². The van der Waals surface area contributed by atoms with Crippen molar-refractivity contribution in [3.63, 3.8) is 0 Å². The highest BCUT2D eigenvalue weighted by molar-refractivity contribution is 5.54. The molecule has 1 aliphatic heterocycles. The van der Waals surface area contributed by atoms with Gasteiger partial charge >= 0.3 is 5.82 Å². The van der Waals surface area contributed by atoms with Gasteiger partial charge in [0.05, 0.1) is 5.60 Å². The van der Waals surface area contributed by atoms with E-state index in [1.807, 2.05) is 4.90 Å². The van der Waals surface area contributed by atoms with Gasteiger partial charge in [0, 0.05) is 20.1 Å². The second-order valence-corrected chi connectivity index (χ2v) is 4.74. The van der Waals surface area contributed by atoms with Crippen molar-refractivity contribution in [3.05, 3.63) is 16.4 Å². The standard InChI is InChI=1S/C10H16N4O3/c1-10(15)3-5-13(6-4-10)9-8(14(16)17)11-7-12(9)2/h7,15H,3-6H2,1-2H3. The van der Waals surface area contributed by atoms with Crippen molar-refractivity contribution >= 4 is 11.6 Å². The molecule has 7 nitrogen and oxygen atoms in total. The van der Waals surface area contributed by atoms with Gasteiger partial charge in [0.25, 0.3) is 0 Å². The van der Waals surface area contributed by atoms with E-state index in [-0.39, 0.29) is 5.82 Å². The van der Waals surface area contributed by atoms with E-state index in [0.29, 0.717) is 31.7 Å². The van der Waals surface area contributed by atoms with Crippen molar-refractivity contribution in [2.45, 2.75) is 25.4 Å². The highest BCUT2D eigenvalue weighted by Gasteiger charge is 2.32. The molecule has 0 aromatic carbocycles. The Hall–Kier alpha value is -1.63. The summed E-state index contributed by atoms with van der Waals surface area (Å²) in [6, 6.07) is 0. The Bertz CT molecular complexity index is 431. The number of hydrogen-bond acceptors (Lipinski definition) is 5. The molecule has 0 saturated carbocycles. The SMILES string of the molecule is Cn1cnc([N+](=O)[O-])c1N1CCC(C)(O)CC1. The summed E-state index contributed by atoms with van der Waals surface area (Å²) in [5.74, 6) is 0.402. The topological polar surface area (TPSA) is 84.4 Å². The fourth-order valence-corrected chi connectivity index (χ4v) is 2.10. The normalized spacial score (nSPS) is 19.4. The zero-order valence-corrected chi connectivity index (χ0v) is 9.96. The van der Waals surface area contributed by atoms with Crippen molar-refractivity contribution in [1.82, 2.24) is 9.55 Å². The molecule has 0 spiro atoms. The van der Waals surface area contributed by atoms with Gasteiger partial charge in [-0.1, -0.05) is 0 Å². The van der Waals surface area contributed by atoms with Crippen LogP contribution in [0.2, 0.25) is 0 Å². The van der Waals surface area contributed by atoms with E-state index in [9.17, 15) is 15.2 Å². The van der Waals surface area contributed by atoms with Crippen LogP contribution < -0.4 is 4.90 Å². The average molecular weight is 240 g/mol. The molecule has 0 amide bonds. The first kappa shape index (κ1) is 11.8. The Labute approximate surface area is 98.8 Å². The van der Waals surface area contributed by atoms with Crippen molar-refractivity contribution in [3.8, 4) is 0 Å². The molecule has 1 aromatic rings. The number of nitro groups is 1. The third kappa shape index (κ3) is 2.23. The van der Waals surface area contributed by atoms with Crippen LogP contribution in [0.25, 0.3) is 0 Å². The van der Waals surface area contributed by atoms with Gasteiger partial charge < -0.3 is 20.1 Å². The van der Waals surface area contributed by atoms with Crippen LogP contribution >= 0.6 is 0 Å². The van der Waals surface area contributed by atoms with Gasteiger partial charge in [0.15, 0.2) is 0 Å². The molecule has 0 bridgehead atoms. The molecular weight excluding hydrogens is 224 g/mol. The van der Waals surface area contributed by atoms with Crippen molar-refractivity contribution < 1.29 is 10.0 Å². The molecular formula is C10H16N4O3. The maximum Gasteiger partial charge on any atom is 0.406 e. The van der Waals surface area contributed by atoms with Gasteiger partial charge in [-0.15, -0.1) is 0 Å². The number of imidazole rings is 1. The molecule has 1 fully saturated rings. The molecule has 0 unspecified atom stereocenters. The van der Waals surface area contributed by atoms with Gasteiger partial charge in [0.1, 0.15) is 0 Å². The number of rotatable bonds is 2. The molecule has 0 radical (unpaired) electrons. The maximum atomic E-state index is 10.9. The minimum atomic E-state index is -0.663. The smallest absolute Gasteiger partial charge is 0.390 e. The quantitative estimate of drug-likeness (QED) is 0.607. The molecule has 2 rings (SSSR count). The van der Waals surface area contributed by atoms with Crippen LogP contribution in [0.3, 0.4) is 0 Å². The summed E-state index contributed by atoms with van der Waals surface area (Å²) in [5.41, 5.74) is -0.663. The van der Waals surface area contributed by atoms with Gasteiger partial charge in [-0.3, -0.25) is 4.57 Å². The lowest BCUT2D eigenvalue weighted by atomic mass is 9.94. The first-order chi connectivity index (χ1) is 7.91. The van der Waals surface area contributed by atoms with Crippen LogP contribution in [0, 0.1) is 10.1 Å². The van der Waals surface area contributed by atoms with Crippen LogP contribution in [0.1, 0.15) is 19.8 Å². The van der Waals surface area contributed by atoms with Gasteiger partial charge in [-0.2, -0.15) is 0 Å². The average Bonchev–Trinajstić information content (AvgIpc) is 2.61. The second-order valence-electron chi connectivity index (χ2n) is 4.74. The Balaban J connectivity index is 2.24. The van der Waals surface area contributed by atoms with Crippen LogP contribution in [-0.4, -0.2) is 38.3 Å². The molecule has 17 heavy (non-hydrogen) atoms. The number of anilines is 1. The Morgan fingerprint density at radius 3 is 2.65 bits per heavy atom. The summed E-state index contributed by atoms with van der Waals surface area (Å²) < 4.78 is 1.65. The zero-order valence-electron chi connectivity index (χ0n) is 9.96. The summed E-state index contributed by atoms with van der Waals surface area (Å²) in [7, 11) is 1.74. The molecule has 1 N–H and O–H groups in total. The Kier molecular flexibility index (Phi) is 2.78. The lowest BCUT2D eigenvalue weighted by Gasteiger charge is -2.36. The van der Waals surface area contributed by atoms with Crippen molar-refractivity contribution in [2.24, 2.45) is 7.05 Å². The predicted octanol–water partition coefficient (Wildman–Crippen LogP) is 0.679. The largest absolute Gasteiger partial charge is 0.406 e. The van der Waals surface area contributed by atoms with Crippen molar-refractivity contribution in [2.75, 3.05) is 18.0 Å². The fourth-order valence-electron chi connectivity index (χ4n) is 2.10. The molecule has 1 aliphatic rings. The second kappa shape index (κ2) is 3.99. The number of aromatic nitrogens is 2. The number of piperidine rings is 1. The lowest BCUT2D eigenvalue weighted by Crippen LogP contribution is -2.43. The van der Waals surface area contributed by atoms with Crippen LogP contribution in [0.5, 0.6) is 0 Å². The first-order valence-corrected chi connectivity index (χ1v) is 5.54. The summed E-state index contributed by atoms with van der Waals surface area (Å²) in [5, 5.41) is 20.7. The van der Waals surface area contributed by atoms with Crippen molar-refractivity contribution in [1.29, 1.82) is 0 Å². The molecule has 7 heteroatoms. The van der Waals surface area contributed by atoms with Gasteiger partial charge in [-0.25, -0.2) is 0 Å². The minimum absolute atomic E-state index is 0.117. The molecule has 2 heterocycles. The Morgan fingerprint density at radius 1 is 1.53 bits per heavy atom. The number of hydrogen-bond donors (Lipinski definition) is 1. The first-order valence-electron chi connectivity index (χ1n) is 5.54. The fraction of sp³-hybridized carbons (Fsp3) is 0.700. The minimum Gasteiger partial charge on any atom is -0.390 e. The number of aliphatic hydroxyl groups is 1. The number of aryl methyl sites for hydroxylation is 1. The molecule has 0 aliphatic carbocycles. The monoisotopic (exact) mass is 240 g/mol. The van der Waals surface area contributed by atoms with E-state index in [1.54, 1.807) is 18.5 Å². The highest BCUT2D eigenvalue weighted by Crippen LogP contribution is 2.30. The van der Waals surface area contributed by atoms with E-state index >= 15 is 0 Å². The summed E-state index contributed by atoms with van der Waals surface area (Å²) in [6.07, 6.45) is 2.66. The van der Waals surface area contributed by atoms with E-state index in [1.165, 1.54) is 6.33 Å². The van der Waals surface area contributed by atoms with Crippen LogP contribution in [-0.2, 0) is 7.05 Å². The third-order valence-corrected chi connectivity index (χ3v) is 3.20. The molecule has 1 saturated heterocycles. The Morgan fingerprint density at radius 2 is 2.12 bits per heavy atom. The lowest BCUT2D eigenvalue weighted by molar-refractivity contribution is -0.388. The molecule has 0 atom stereocenters. The summed E-state index contributed by atoms with van der Waals surface area (Å²) in [6.45, 7) is 3.00. The predicted molar refractivity (Wildman–Crippen MR) is 61.9 cm³/mol. The van der Waals surface area contributed by atoms with Crippen LogP contribution in [0.4, 0.5) is 11.6 Å². The zero-order chi connectivity index (χ0) is 12.6. The summed E-state index contributed by atoms with van der Waals surface area (Å²) >= 11 is 0. The third-order valence-electron chi connectivity index (χ3n) is 3.20. The van der Waals surface area contributed by atoms with Gasteiger partial charge in [-0.05, 0) is 29.7 Å². The maximum absolute atomic E-state index is 10.9. The summed E-state index contributed by atoms with van der Waals surface area (Å²) in [4.78, 5) is 16.1. The molecule has 1 aromatic heterocycles. The highest BCUT2D eigenvalue weighted by atomic mass is 16.6. The van der Waals surface area contributed by atoms with E-state index < -0.39 is 10.5 Å². The van der Waals surface area contributed by atoms with E-state index in [4.69, 9.17) is 0 Å². The van der Waals surface area contributed by atoms with Gasteiger partial charge in [0.2, 0.25) is 12.1 Å². The number of nitrogens with zero attached hydrogens (tertiary/aromatic N) is 4. The van der Waals surface area contributed by atoms with Crippen LogP contribution in [0.15, 0.2) is 6.33 Å².